The van der Waals surface area contributed by atoms with E-state index in [1.807, 2.05) is 6.20 Å². The highest BCUT2D eigenvalue weighted by Gasteiger charge is 2.19. The Hall–Kier alpha value is -7.23. The van der Waals surface area contributed by atoms with Crippen molar-refractivity contribution in [3.63, 3.8) is 0 Å². The largest absolute Gasteiger partial charge is 0.387 e. The monoisotopic (exact) mass is 701 g/mol. The van der Waals surface area contributed by atoms with Crippen molar-refractivity contribution in [3.8, 4) is 44.8 Å². The predicted octanol–water partition coefficient (Wildman–Crippen LogP) is 13.3. The standard InChI is InChI=1S/C52H35N3/c1-3-11-38-31-41(23-19-34(38)9-1)50-44-13-5-6-14-45(44)51(42-24-20-35-10-2-4-12-39(35)32-42)47-33-40(25-26-46(47)50)36-17-21-37(22-18-36)52-54-48-15-7-8-16-49(48)55(52)43-27-29-53-30-28-43/h1-29,31-33,53H,30H2. The Kier molecular flexibility index (Phi) is 7.24. The van der Waals surface area contributed by atoms with E-state index in [-0.39, 0.29) is 0 Å². The number of nitrogens with one attached hydrogen (secondary N) is 1. The predicted molar refractivity (Wildman–Crippen MR) is 233 cm³/mol. The van der Waals surface area contributed by atoms with Crippen molar-refractivity contribution in [1.29, 1.82) is 0 Å². The zero-order valence-electron chi connectivity index (χ0n) is 30.1. The van der Waals surface area contributed by atoms with Crippen molar-refractivity contribution in [2.75, 3.05) is 6.54 Å². The van der Waals surface area contributed by atoms with Crippen LogP contribution in [0, 0.1) is 0 Å². The lowest BCUT2D eigenvalue weighted by molar-refractivity contribution is 0.958. The van der Waals surface area contributed by atoms with E-state index in [1.54, 1.807) is 0 Å². The number of hydrogen-bond acceptors (Lipinski definition) is 2. The number of fused-ring (bicyclic) bond motifs is 5. The maximum atomic E-state index is 5.12. The molecule has 9 aromatic carbocycles. The first-order valence-corrected chi connectivity index (χ1v) is 18.9. The second-order valence-corrected chi connectivity index (χ2v) is 14.4. The molecule has 10 aromatic rings. The van der Waals surface area contributed by atoms with Gasteiger partial charge in [-0.15, -0.1) is 0 Å². The average molecular weight is 702 g/mol. The molecule has 0 aliphatic carbocycles. The number of rotatable bonds is 5. The zero-order valence-corrected chi connectivity index (χ0v) is 30.1. The van der Waals surface area contributed by atoms with E-state index in [4.69, 9.17) is 4.98 Å². The lowest BCUT2D eigenvalue weighted by Gasteiger charge is -2.19. The SMILES string of the molecule is C1=CC(n2c(-c3ccc(-c4ccc5c(-c6ccc7ccccc7c6)c6ccccc6c(-c6ccc7ccccc7c6)c5c4)cc3)nc3ccccc32)=CCN1. The summed E-state index contributed by atoms with van der Waals surface area (Å²) in [5, 5.41) is 13.3. The summed E-state index contributed by atoms with van der Waals surface area (Å²) >= 11 is 0. The van der Waals surface area contributed by atoms with Gasteiger partial charge in [0.2, 0.25) is 0 Å². The number of dihydropyridines is 1. The Morgan fingerprint density at radius 1 is 0.436 bits per heavy atom. The summed E-state index contributed by atoms with van der Waals surface area (Å²) in [5.74, 6) is 0.939. The van der Waals surface area contributed by atoms with Crippen LogP contribution in [0.25, 0.3) is 105 Å². The van der Waals surface area contributed by atoms with Gasteiger partial charge in [0.25, 0.3) is 0 Å². The Morgan fingerprint density at radius 2 is 0.982 bits per heavy atom. The topological polar surface area (TPSA) is 29.9 Å². The molecule has 0 saturated heterocycles. The van der Waals surface area contributed by atoms with Gasteiger partial charge >= 0.3 is 0 Å². The molecule has 1 aromatic heterocycles. The molecule has 0 atom stereocenters. The maximum Gasteiger partial charge on any atom is 0.145 e. The first kappa shape index (κ1) is 31.3. The third kappa shape index (κ3) is 5.24. The van der Waals surface area contributed by atoms with Crippen molar-refractivity contribution in [2.45, 2.75) is 0 Å². The summed E-state index contributed by atoms with van der Waals surface area (Å²) in [6, 6.07) is 64.3. The molecule has 2 heterocycles. The fraction of sp³-hybridized carbons (Fsp3) is 0.0192. The van der Waals surface area contributed by atoms with Crippen LogP contribution in [-0.4, -0.2) is 16.1 Å². The minimum absolute atomic E-state index is 0.789. The van der Waals surface area contributed by atoms with Gasteiger partial charge in [0.15, 0.2) is 0 Å². The number of imidazole rings is 1. The summed E-state index contributed by atoms with van der Waals surface area (Å²) in [7, 11) is 0. The Balaban J connectivity index is 1.12. The fourth-order valence-corrected chi connectivity index (χ4v) is 8.57. The van der Waals surface area contributed by atoms with Crippen LogP contribution in [0.1, 0.15) is 0 Å². The van der Waals surface area contributed by atoms with Crippen LogP contribution in [0.5, 0.6) is 0 Å². The van der Waals surface area contributed by atoms with Crippen LogP contribution >= 0.6 is 0 Å². The highest BCUT2D eigenvalue weighted by molar-refractivity contribution is 6.22. The molecule has 3 nitrogen and oxygen atoms in total. The third-order valence-corrected chi connectivity index (χ3v) is 11.2. The molecule has 0 amide bonds. The molecule has 11 rings (SSSR count). The van der Waals surface area contributed by atoms with Crippen molar-refractivity contribution >= 4 is 59.8 Å². The minimum Gasteiger partial charge on any atom is -0.387 e. The smallest absolute Gasteiger partial charge is 0.145 e. The molecule has 0 bridgehead atoms. The average Bonchev–Trinajstić information content (AvgIpc) is 3.65. The van der Waals surface area contributed by atoms with E-state index in [0.29, 0.717) is 0 Å². The summed E-state index contributed by atoms with van der Waals surface area (Å²) in [6.45, 7) is 0.789. The highest BCUT2D eigenvalue weighted by Crippen LogP contribution is 2.46. The highest BCUT2D eigenvalue weighted by atomic mass is 15.1. The van der Waals surface area contributed by atoms with Crippen molar-refractivity contribution < 1.29 is 0 Å². The number of nitrogens with zero attached hydrogens (tertiary/aromatic N) is 2. The number of allylic oxidation sites excluding steroid dienone is 2. The number of hydrogen-bond donors (Lipinski definition) is 1. The summed E-state index contributed by atoms with van der Waals surface area (Å²) in [5.41, 5.74) is 11.6. The van der Waals surface area contributed by atoms with Gasteiger partial charge in [-0.3, -0.25) is 4.57 Å². The molecule has 55 heavy (non-hydrogen) atoms. The first-order chi connectivity index (χ1) is 27.3. The van der Waals surface area contributed by atoms with Gasteiger partial charge in [-0.25, -0.2) is 4.98 Å². The van der Waals surface area contributed by atoms with E-state index < -0.39 is 0 Å². The van der Waals surface area contributed by atoms with Crippen LogP contribution < -0.4 is 5.32 Å². The molecule has 1 aliphatic rings. The number of benzene rings is 9. The van der Waals surface area contributed by atoms with E-state index in [1.165, 1.54) is 76.5 Å². The fourth-order valence-electron chi connectivity index (χ4n) is 8.57. The minimum atomic E-state index is 0.789. The molecule has 0 saturated carbocycles. The normalized spacial score (nSPS) is 12.8. The van der Waals surface area contributed by atoms with Gasteiger partial charge in [-0.05, 0) is 125 Å². The van der Waals surface area contributed by atoms with Crippen LogP contribution in [0.4, 0.5) is 0 Å². The van der Waals surface area contributed by atoms with Gasteiger partial charge in [0, 0.05) is 17.8 Å². The van der Waals surface area contributed by atoms with Gasteiger partial charge in [-0.1, -0.05) is 146 Å². The third-order valence-electron chi connectivity index (χ3n) is 11.2. The van der Waals surface area contributed by atoms with Crippen LogP contribution in [-0.2, 0) is 0 Å². The van der Waals surface area contributed by atoms with E-state index >= 15 is 0 Å². The van der Waals surface area contributed by atoms with Gasteiger partial charge in [0.1, 0.15) is 5.82 Å². The summed E-state index contributed by atoms with van der Waals surface area (Å²) < 4.78 is 2.27. The van der Waals surface area contributed by atoms with Crippen molar-refractivity contribution in [3.05, 3.63) is 194 Å². The Morgan fingerprint density at radius 3 is 1.65 bits per heavy atom. The molecule has 0 fully saturated rings. The van der Waals surface area contributed by atoms with E-state index in [2.05, 4.69) is 198 Å². The van der Waals surface area contributed by atoms with Crippen LogP contribution in [0.3, 0.4) is 0 Å². The molecule has 3 heteroatoms. The molecule has 0 spiro atoms. The Bertz CT molecular complexity index is 3200. The van der Waals surface area contributed by atoms with Crippen LogP contribution in [0.15, 0.2) is 194 Å². The summed E-state index contributed by atoms with van der Waals surface area (Å²) in [4.78, 5) is 5.12. The van der Waals surface area contributed by atoms with Crippen molar-refractivity contribution in [1.82, 2.24) is 14.9 Å². The quantitative estimate of drug-likeness (QED) is 0.181. The van der Waals surface area contributed by atoms with Gasteiger partial charge in [0.05, 0.1) is 11.0 Å². The van der Waals surface area contributed by atoms with E-state index in [9.17, 15) is 0 Å². The molecular formula is C52H35N3. The molecule has 258 valence electrons. The first-order valence-electron chi connectivity index (χ1n) is 18.9. The lowest BCUT2D eigenvalue weighted by atomic mass is 9.84. The lowest BCUT2D eigenvalue weighted by Crippen LogP contribution is -2.11. The zero-order chi connectivity index (χ0) is 36.3. The second-order valence-electron chi connectivity index (χ2n) is 14.4. The number of para-hydroxylation sites is 2. The summed E-state index contributed by atoms with van der Waals surface area (Å²) in [6.07, 6.45) is 6.34. The van der Waals surface area contributed by atoms with Crippen LogP contribution in [0.2, 0.25) is 0 Å². The molecule has 1 aliphatic heterocycles. The molecule has 0 radical (unpaired) electrons. The molecule has 1 N–H and O–H groups in total. The molecular weight excluding hydrogens is 667 g/mol. The maximum absolute atomic E-state index is 5.12. The number of aromatic nitrogens is 2. The Labute approximate surface area is 319 Å². The van der Waals surface area contributed by atoms with Gasteiger partial charge < -0.3 is 5.32 Å². The second kappa shape index (κ2) is 12.7. The molecule has 0 unspecified atom stereocenters. The van der Waals surface area contributed by atoms with Gasteiger partial charge in [-0.2, -0.15) is 0 Å². The van der Waals surface area contributed by atoms with Crippen molar-refractivity contribution in [2.24, 2.45) is 0 Å². The van der Waals surface area contributed by atoms with E-state index in [0.717, 1.165) is 34.7 Å².